The molecule has 0 fully saturated rings. The quantitative estimate of drug-likeness (QED) is 0.839. The molecule has 2 rings (SSSR count). The first-order valence-corrected chi connectivity index (χ1v) is 5.86. The monoisotopic (exact) mass is 290 g/mol. The molecule has 2 nitrogen and oxygen atoms in total. The molecule has 0 saturated carbocycles. The number of hydrogen-bond acceptors (Lipinski definition) is 2. The molecule has 0 bridgehead atoms. The number of halogens is 4. The summed E-state index contributed by atoms with van der Waals surface area (Å²) in [5, 5.41) is 10.1. The summed E-state index contributed by atoms with van der Waals surface area (Å²) in [6.07, 6.45) is -4.78. The lowest BCUT2D eigenvalue weighted by Gasteiger charge is -2.09. The van der Waals surface area contributed by atoms with E-state index >= 15 is 0 Å². The van der Waals surface area contributed by atoms with Crippen molar-refractivity contribution >= 4 is 17.3 Å². The van der Waals surface area contributed by atoms with Crippen molar-refractivity contribution in [1.82, 2.24) is 0 Å². The van der Waals surface area contributed by atoms with Crippen LogP contribution >= 0.6 is 11.3 Å². The average molecular weight is 290 g/mol. The van der Waals surface area contributed by atoms with Crippen LogP contribution in [0, 0.1) is 5.82 Å². The average Bonchev–Trinajstić information content (AvgIpc) is 2.77. The van der Waals surface area contributed by atoms with E-state index in [1.54, 1.807) is 0 Å². The minimum atomic E-state index is -4.78. The number of rotatable bonds is 2. The van der Waals surface area contributed by atoms with Gasteiger partial charge in [0.15, 0.2) is 0 Å². The number of hydrogen-bond donors (Lipinski definition) is 1. The third-order valence-corrected chi connectivity index (χ3v) is 3.38. The molecule has 0 spiro atoms. The van der Waals surface area contributed by atoms with Gasteiger partial charge >= 0.3 is 12.1 Å². The summed E-state index contributed by atoms with van der Waals surface area (Å²) in [5.74, 6) is -2.52. The molecule has 0 radical (unpaired) electrons. The van der Waals surface area contributed by atoms with Crippen molar-refractivity contribution in [2.24, 2.45) is 0 Å². The zero-order valence-electron chi connectivity index (χ0n) is 9.16. The molecule has 0 saturated heterocycles. The van der Waals surface area contributed by atoms with Gasteiger partial charge in [0.1, 0.15) is 5.82 Å². The highest BCUT2D eigenvalue weighted by Crippen LogP contribution is 2.35. The zero-order valence-corrected chi connectivity index (χ0v) is 9.98. The van der Waals surface area contributed by atoms with Gasteiger partial charge < -0.3 is 5.11 Å². The van der Waals surface area contributed by atoms with Gasteiger partial charge in [0, 0.05) is 10.3 Å². The molecule has 0 aliphatic rings. The molecule has 1 N–H and O–H groups in total. The Morgan fingerprint density at radius 1 is 1.21 bits per heavy atom. The van der Waals surface area contributed by atoms with E-state index in [0.717, 1.165) is 17.4 Å². The lowest BCUT2D eigenvalue weighted by molar-refractivity contribution is -0.139. The third kappa shape index (κ3) is 2.76. The fourth-order valence-electron chi connectivity index (χ4n) is 1.50. The summed E-state index contributed by atoms with van der Waals surface area (Å²) >= 11 is 0.986. The molecule has 19 heavy (non-hydrogen) atoms. The van der Waals surface area contributed by atoms with Gasteiger partial charge in [-0.15, -0.1) is 11.3 Å². The molecule has 100 valence electrons. The molecule has 0 atom stereocenters. The van der Waals surface area contributed by atoms with Gasteiger partial charge in [-0.3, -0.25) is 0 Å². The summed E-state index contributed by atoms with van der Waals surface area (Å²) in [4.78, 5) is 11.0. The number of benzene rings is 1. The summed E-state index contributed by atoms with van der Waals surface area (Å²) in [6, 6.07) is 3.83. The molecular weight excluding hydrogens is 284 g/mol. The Bertz CT molecular complexity index is 631. The Morgan fingerprint density at radius 2 is 1.89 bits per heavy atom. The van der Waals surface area contributed by atoms with Gasteiger partial charge in [0.25, 0.3) is 0 Å². The van der Waals surface area contributed by atoms with Crippen LogP contribution in [0.1, 0.15) is 15.9 Å². The number of carboxylic acid groups (broad SMARTS) is 1. The number of carboxylic acids is 1. The highest BCUT2D eigenvalue weighted by atomic mass is 32.1. The predicted octanol–water partition coefficient (Wildman–Crippen LogP) is 4.27. The number of thiophene rings is 1. The smallest absolute Gasteiger partial charge is 0.419 e. The molecular formula is C12H6F4O2S. The fraction of sp³-hybridized carbons (Fsp3) is 0.0833. The van der Waals surface area contributed by atoms with Crippen molar-refractivity contribution in [3.63, 3.8) is 0 Å². The van der Waals surface area contributed by atoms with Crippen LogP contribution in [0.25, 0.3) is 10.4 Å². The van der Waals surface area contributed by atoms with Gasteiger partial charge in [0.2, 0.25) is 0 Å². The number of aromatic carboxylic acids is 1. The predicted molar refractivity (Wildman–Crippen MR) is 61.7 cm³/mol. The highest BCUT2D eigenvalue weighted by molar-refractivity contribution is 7.13. The lowest BCUT2D eigenvalue weighted by atomic mass is 10.1. The summed E-state index contributed by atoms with van der Waals surface area (Å²) in [5.41, 5.74) is -1.25. The third-order valence-electron chi connectivity index (χ3n) is 2.40. The Labute approximate surface area is 108 Å². The van der Waals surface area contributed by atoms with Crippen LogP contribution in [0.5, 0.6) is 0 Å². The van der Waals surface area contributed by atoms with Crippen LogP contribution in [0.2, 0.25) is 0 Å². The Morgan fingerprint density at radius 3 is 2.42 bits per heavy atom. The van der Waals surface area contributed by atoms with Gasteiger partial charge in [-0.25, -0.2) is 9.18 Å². The Hall–Kier alpha value is -1.89. The SMILES string of the molecule is O=C(O)c1csc(-c2ccc(F)c(C(F)(F)F)c2)c1. The van der Waals surface area contributed by atoms with Crippen LogP contribution in [-0.4, -0.2) is 11.1 Å². The normalized spacial score (nSPS) is 11.6. The second-order valence-electron chi connectivity index (χ2n) is 3.70. The maximum absolute atomic E-state index is 13.1. The largest absolute Gasteiger partial charge is 0.478 e. The summed E-state index contributed by atoms with van der Waals surface area (Å²) < 4.78 is 50.7. The maximum Gasteiger partial charge on any atom is 0.419 e. The summed E-state index contributed by atoms with van der Waals surface area (Å²) in [7, 11) is 0. The highest BCUT2D eigenvalue weighted by Gasteiger charge is 2.34. The standard InChI is InChI=1S/C12H6F4O2S/c13-9-2-1-6(3-8(9)12(14,15)16)10-4-7(5-19-10)11(17)18/h1-5H,(H,17,18). The molecule has 1 aromatic carbocycles. The van der Waals surface area contributed by atoms with Crippen molar-refractivity contribution in [3.05, 3.63) is 46.6 Å². The van der Waals surface area contributed by atoms with Gasteiger partial charge in [-0.1, -0.05) is 6.07 Å². The molecule has 1 heterocycles. The minimum Gasteiger partial charge on any atom is -0.478 e. The second-order valence-corrected chi connectivity index (χ2v) is 4.61. The molecule has 7 heteroatoms. The summed E-state index contributed by atoms with van der Waals surface area (Å²) in [6.45, 7) is 0. The number of carbonyl (C=O) groups is 1. The molecule has 0 amide bonds. The Balaban J connectivity index is 2.48. The minimum absolute atomic E-state index is 0.0158. The molecule has 0 aliphatic carbocycles. The van der Waals surface area contributed by atoms with E-state index in [-0.39, 0.29) is 11.1 Å². The van der Waals surface area contributed by atoms with Crippen molar-refractivity contribution < 1.29 is 27.5 Å². The van der Waals surface area contributed by atoms with Crippen molar-refractivity contribution in [1.29, 1.82) is 0 Å². The molecule has 0 aliphatic heterocycles. The van der Waals surface area contributed by atoms with E-state index in [2.05, 4.69) is 0 Å². The van der Waals surface area contributed by atoms with Crippen LogP contribution < -0.4 is 0 Å². The lowest BCUT2D eigenvalue weighted by Crippen LogP contribution is -2.07. The Kier molecular flexibility index (Phi) is 3.32. The van der Waals surface area contributed by atoms with E-state index in [4.69, 9.17) is 5.11 Å². The first kappa shape index (κ1) is 13.5. The van der Waals surface area contributed by atoms with Gasteiger partial charge in [-0.2, -0.15) is 13.2 Å². The van der Waals surface area contributed by atoms with Crippen LogP contribution in [-0.2, 0) is 6.18 Å². The van der Waals surface area contributed by atoms with Crippen molar-refractivity contribution in [3.8, 4) is 10.4 Å². The molecule has 2 aromatic rings. The van der Waals surface area contributed by atoms with Crippen LogP contribution in [0.3, 0.4) is 0 Å². The van der Waals surface area contributed by atoms with E-state index in [1.807, 2.05) is 0 Å². The van der Waals surface area contributed by atoms with E-state index in [9.17, 15) is 22.4 Å². The zero-order chi connectivity index (χ0) is 14.2. The van der Waals surface area contributed by atoms with Gasteiger partial charge in [0.05, 0.1) is 11.1 Å². The number of alkyl halides is 3. The molecule has 0 unspecified atom stereocenters. The topological polar surface area (TPSA) is 37.3 Å². The van der Waals surface area contributed by atoms with Crippen LogP contribution in [0.15, 0.2) is 29.6 Å². The van der Waals surface area contributed by atoms with E-state index < -0.39 is 23.5 Å². The van der Waals surface area contributed by atoms with Crippen LogP contribution in [0.4, 0.5) is 17.6 Å². The van der Waals surface area contributed by atoms with Crippen molar-refractivity contribution in [2.75, 3.05) is 0 Å². The maximum atomic E-state index is 13.1. The van der Waals surface area contributed by atoms with Gasteiger partial charge in [-0.05, 0) is 23.8 Å². The first-order chi connectivity index (χ1) is 8.79. The van der Waals surface area contributed by atoms with E-state index in [1.165, 1.54) is 17.5 Å². The molecule has 1 aromatic heterocycles. The first-order valence-electron chi connectivity index (χ1n) is 4.98. The fourth-order valence-corrected chi connectivity index (χ4v) is 2.38. The van der Waals surface area contributed by atoms with Crippen molar-refractivity contribution in [2.45, 2.75) is 6.18 Å². The second kappa shape index (κ2) is 4.65. The van der Waals surface area contributed by atoms with E-state index in [0.29, 0.717) is 10.9 Å².